The third-order valence-electron chi connectivity index (χ3n) is 3.50. The van der Waals surface area contributed by atoms with Crippen LogP contribution in [0.4, 0.5) is 0 Å². The molecule has 0 atom stereocenters. The van der Waals surface area contributed by atoms with Crippen LogP contribution in [0.25, 0.3) is 4.91 Å². The van der Waals surface area contributed by atoms with Crippen molar-refractivity contribution in [2.45, 2.75) is 33.7 Å². The van der Waals surface area contributed by atoms with E-state index in [1.807, 2.05) is 58.0 Å². The van der Waals surface area contributed by atoms with Crippen LogP contribution in [0.2, 0.25) is 0 Å². The van der Waals surface area contributed by atoms with Gasteiger partial charge in [0.1, 0.15) is 10.7 Å². The fourth-order valence-electron chi connectivity index (χ4n) is 2.58. The van der Waals surface area contributed by atoms with Gasteiger partial charge in [-0.25, -0.2) is 12.7 Å². The van der Waals surface area contributed by atoms with E-state index in [1.165, 1.54) is 4.31 Å². The minimum atomic E-state index is -3.36. The normalized spacial score (nSPS) is 17.4. The molecule has 0 radical (unpaired) electrons. The molecule has 0 amide bonds. The molecule has 0 unspecified atom stereocenters. The van der Waals surface area contributed by atoms with E-state index in [2.05, 4.69) is 4.90 Å². The molecule has 1 aliphatic heterocycles. The van der Waals surface area contributed by atoms with E-state index >= 15 is 0 Å². The summed E-state index contributed by atoms with van der Waals surface area (Å²) >= 11 is 0. The summed E-state index contributed by atoms with van der Waals surface area (Å²) in [5.74, 6) is 0.830. The predicted molar refractivity (Wildman–Crippen MR) is 82.2 cm³/mol. The highest BCUT2D eigenvalue weighted by atomic mass is 32.2. The van der Waals surface area contributed by atoms with Gasteiger partial charge >= 0.3 is 0 Å². The van der Waals surface area contributed by atoms with Crippen LogP contribution >= 0.6 is 0 Å². The van der Waals surface area contributed by atoms with Gasteiger partial charge in [0.05, 0.1) is 0 Å². The maximum Gasteiger partial charge on any atom is 0.269 e. The first-order chi connectivity index (χ1) is 9.45. The summed E-state index contributed by atoms with van der Waals surface area (Å²) in [6, 6.07) is 9.28. The van der Waals surface area contributed by atoms with Crippen molar-refractivity contribution in [1.82, 2.24) is 9.21 Å². The van der Waals surface area contributed by atoms with Crippen LogP contribution in [0.3, 0.4) is 0 Å². The quantitative estimate of drug-likeness (QED) is 0.838. The molecule has 0 fully saturated rings. The molecule has 0 spiro atoms. The molecule has 110 valence electrons. The number of rotatable bonds is 5. The maximum absolute atomic E-state index is 12.6. The summed E-state index contributed by atoms with van der Waals surface area (Å²) in [5.41, 5.74) is 0.770. The van der Waals surface area contributed by atoms with E-state index in [4.69, 9.17) is 0 Å². The Kier molecular flexibility index (Phi) is 4.09. The Morgan fingerprint density at radius 3 is 2.10 bits per heavy atom. The molecule has 4 nitrogen and oxygen atoms in total. The molecule has 1 heterocycles. The second kappa shape index (κ2) is 5.48. The molecule has 0 aromatic heterocycles. The third kappa shape index (κ3) is 2.20. The number of hydrogen-bond acceptors (Lipinski definition) is 3. The van der Waals surface area contributed by atoms with E-state index in [9.17, 15) is 8.42 Å². The Hall–Kier alpha value is -1.49. The summed E-state index contributed by atoms with van der Waals surface area (Å²) in [6.45, 7) is 9.48. The van der Waals surface area contributed by atoms with Gasteiger partial charge in [-0.2, -0.15) is 0 Å². The lowest BCUT2D eigenvalue weighted by Gasteiger charge is -2.45. The molecule has 2 rings (SSSR count). The van der Waals surface area contributed by atoms with Gasteiger partial charge in [-0.15, -0.1) is 0 Å². The fourth-order valence-corrected chi connectivity index (χ4v) is 4.53. The molecule has 0 bridgehead atoms. The van der Waals surface area contributed by atoms with Crippen molar-refractivity contribution in [3.63, 3.8) is 0 Å². The average Bonchev–Trinajstić information content (AvgIpc) is 2.39. The standard InChI is InChI=1S/C15H22N2O2S/c1-5-16(6-2)15-14(13-10-8-7-9-11-13)20(18,19)17(15)12(3)4/h7-12H,5-6H2,1-4H3. The molecular weight excluding hydrogens is 272 g/mol. The fraction of sp³-hybridized carbons (Fsp3) is 0.467. The summed E-state index contributed by atoms with van der Waals surface area (Å²) in [6.07, 6.45) is 0. The largest absolute Gasteiger partial charge is 0.357 e. The van der Waals surface area contributed by atoms with Crippen LogP contribution < -0.4 is 0 Å². The van der Waals surface area contributed by atoms with Gasteiger partial charge in [0.2, 0.25) is 0 Å². The molecule has 5 heteroatoms. The van der Waals surface area contributed by atoms with Crippen molar-refractivity contribution in [2.75, 3.05) is 13.1 Å². The second-order valence-corrected chi connectivity index (χ2v) is 6.84. The molecule has 0 N–H and O–H groups in total. The SMILES string of the molecule is CCN(CC)C1=C(c2ccccc2)S(=O)(=O)N1C(C)C. The summed E-state index contributed by atoms with van der Waals surface area (Å²) in [5, 5.41) is 0. The van der Waals surface area contributed by atoms with Gasteiger partial charge in [0, 0.05) is 19.1 Å². The Labute approximate surface area is 121 Å². The molecule has 1 aliphatic rings. The second-order valence-electron chi connectivity index (χ2n) is 5.09. The van der Waals surface area contributed by atoms with Crippen molar-refractivity contribution in [3.05, 3.63) is 41.7 Å². The lowest BCUT2D eigenvalue weighted by atomic mass is 10.2. The highest BCUT2D eigenvalue weighted by Gasteiger charge is 2.46. The first-order valence-corrected chi connectivity index (χ1v) is 8.48. The highest BCUT2D eigenvalue weighted by Crippen LogP contribution is 2.43. The first-order valence-electron chi connectivity index (χ1n) is 7.04. The van der Waals surface area contributed by atoms with Crippen LogP contribution in [0.1, 0.15) is 33.3 Å². The van der Waals surface area contributed by atoms with Crippen LogP contribution in [-0.2, 0) is 10.0 Å². The van der Waals surface area contributed by atoms with Crippen molar-refractivity contribution < 1.29 is 8.42 Å². The van der Waals surface area contributed by atoms with E-state index in [0.717, 1.165) is 24.5 Å². The van der Waals surface area contributed by atoms with Gasteiger partial charge in [-0.05, 0) is 33.3 Å². The van der Waals surface area contributed by atoms with E-state index in [0.29, 0.717) is 4.91 Å². The molecule has 0 aliphatic carbocycles. The summed E-state index contributed by atoms with van der Waals surface area (Å²) < 4.78 is 26.7. The zero-order valence-corrected chi connectivity index (χ0v) is 13.3. The number of hydrogen-bond donors (Lipinski definition) is 0. The van der Waals surface area contributed by atoms with E-state index < -0.39 is 10.0 Å². The molecular formula is C15H22N2O2S. The molecule has 1 aromatic rings. The van der Waals surface area contributed by atoms with Crippen LogP contribution in [0.15, 0.2) is 36.2 Å². The van der Waals surface area contributed by atoms with Crippen molar-refractivity contribution in [3.8, 4) is 0 Å². The summed E-state index contributed by atoms with van der Waals surface area (Å²) in [7, 11) is -3.36. The zero-order valence-electron chi connectivity index (χ0n) is 12.5. The van der Waals surface area contributed by atoms with Gasteiger partial charge in [-0.3, -0.25) is 0 Å². The van der Waals surface area contributed by atoms with Crippen molar-refractivity contribution in [2.24, 2.45) is 0 Å². The first kappa shape index (κ1) is 14.9. The molecule has 20 heavy (non-hydrogen) atoms. The van der Waals surface area contributed by atoms with Gasteiger partial charge in [-0.1, -0.05) is 30.3 Å². The minimum Gasteiger partial charge on any atom is -0.357 e. The minimum absolute atomic E-state index is 0.0666. The molecule has 0 saturated heterocycles. The lowest BCUT2D eigenvalue weighted by molar-refractivity contribution is 0.261. The Balaban J connectivity index is 2.63. The number of nitrogens with zero attached hydrogens (tertiary/aromatic N) is 2. The van der Waals surface area contributed by atoms with Crippen LogP contribution in [0.5, 0.6) is 0 Å². The van der Waals surface area contributed by atoms with Crippen molar-refractivity contribution in [1.29, 1.82) is 0 Å². The Morgan fingerprint density at radius 2 is 1.65 bits per heavy atom. The summed E-state index contributed by atoms with van der Waals surface area (Å²) in [4.78, 5) is 2.55. The number of benzene rings is 1. The smallest absolute Gasteiger partial charge is 0.269 e. The van der Waals surface area contributed by atoms with E-state index in [-0.39, 0.29) is 6.04 Å². The molecule has 1 aromatic carbocycles. The predicted octanol–water partition coefficient (Wildman–Crippen LogP) is 2.71. The molecule has 0 saturated carbocycles. The van der Waals surface area contributed by atoms with Crippen LogP contribution in [-0.4, -0.2) is 36.8 Å². The maximum atomic E-state index is 12.6. The lowest BCUT2D eigenvalue weighted by Crippen LogP contribution is -2.51. The third-order valence-corrected chi connectivity index (χ3v) is 5.54. The Morgan fingerprint density at radius 1 is 1.10 bits per heavy atom. The van der Waals surface area contributed by atoms with Crippen LogP contribution in [0, 0.1) is 0 Å². The van der Waals surface area contributed by atoms with Crippen molar-refractivity contribution >= 4 is 14.9 Å². The van der Waals surface area contributed by atoms with E-state index in [1.54, 1.807) is 0 Å². The Bertz CT molecular complexity index is 602. The van der Waals surface area contributed by atoms with Gasteiger partial charge in [0.25, 0.3) is 10.0 Å². The monoisotopic (exact) mass is 294 g/mol. The average molecular weight is 294 g/mol. The topological polar surface area (TPSA) is 40.6 Å². The van der Waals surface area contributed by atoms with Gasteiger partial charge < -0.3 is 4.90 Å². The van der Waals surface area contributed by atoms with Gasteiger partial charge in [0.15, 0.2) is 0 Å². The highest BCUT2D eigenvalue weighted by molar-refractivity contribution is 8.00. The zero-order chi connectivity index (χ0) is 14.9. The number of sulfonamides is 1.